The van der Waals surface area contributed by atoms with E-state index in [2.05, 4.69) is 20.2 Å². The van der Waals surface area contributed by atoms with Crippen molar-refractivity contribution in [3.63, 3.8) is 0 Å². The minimum absolute atomic E-state index is 0.0493. The van der Waals surface area contributed by atoms with Crippen LogP contribution in [-0.4, -0.2) is 33.9 Å². The van der Waals surface area contributed by atoms with Crippen molar-refractivity contribution in [1.82, 2.24) is 15.0 Å². The van der Waals surface area contributed by atoms with Gasteiger partial charge in [0.1, 0.15) is 5.82 Å². The standard InChI is InChI=1S/C23H23N5O2S/c29-21(9-5-8-20-25-17-7-2-1-6-16(17)22(30)27-20)24-15-10-11-18-19(14-15)31-23(26-18)28-12-3-4-13-28/h1-2,6-7,10-11,14H,3-5,8-9,12-13H2,(H,24,29)(H,25,27,30). The molecule has 0 spiro atoms. The smallest absolute Gasteiger partial charge is 0.258 e. The van der Waals surface area contributed by atoms with Gasteiger partial charge in [-0.25, -0.2) is 9.97 Å². The van der Waals surface area contributed by atoms with E-state index in [1.807, 2.05) is 36.4 Å². The van der Waals surface area contributed by atoms with Gasteiger partial charge in [-0.2, -0.15) is 0 Å². The van der Waals surface area contributed by atoms with Crippen LogP contribution in [0.5, 0.6) is 0 Å². The number of amides is 1. The number of para-hydroxylation sites is 1. The minimum Gasteiger partial charge on any atom is -0.348 e. The molecule has 1 saturated heterocycles. The lowest BCUT2D eigenvalue weighted by Gasteiger charge is -2.11. The summed E-state index contributed by atoms with van der Waals surface area (Å²) in [7, 11) is 0. The Labute approximate surface area is 183 Å². The van der Waals surface area contributed by atoms with Crippen LogP contribution < -0.4 is 15.8 Å². The van der Waals surface area contributed by atoms with Crippen LogP contribution in [0.4, 0.5) is 10.8 Å². The van der Waals surface area contributed by atoms with E-state index < -0.39 is 0 Å². The van der Waals surface area contributed by atoms with E-state index in [9.17, 15) is 9.59 Å². The van der Waals surface area contributed by atoms with Crippen molar-refractivity contribution in [2.45, 2.75) is 32.1 Å². The number of aromatic nitrogens is 3. The number of fused-ring (bicyclic) bond motifs is 2. The maximum absolute atomic E-state index is 12.4. The van der Waals surface area contributed by atoms with E-state index in [1.165, 1.54) is 12.8 Å². The molecule has 1 fully saturated rings. The third-order valence-electron chi connectivity index (χ3n) is 5.52. The number of carbonyl (C=O) groups excluding carboxylic acids is 1. The highest BCUT2D eigenvalue weighted by molar-refractivity contribution is 7.22. The fourth-order valence-electron chi connectivity index (χ4n) is 3.93. The number of H-pyrrole nitrogens is 1. The van der Waals surface area contributed by atoms with Crippen molar-refractivity contribution in [2.24, 2.45) is 0 Å². The van der Waals surface area contributed by atoms with Crippen LogP contribution >= 0.6 is 11.3 Å². The first-order valence-electron chi connectivity index (χ1n) is 10.6. The number of rotatable bonds is 6. The summed E-state index contributed by atoms with van der Waals surface area (Å²) >= 11 is 1.67. The maximum Gasteiger partial charge on any atom is 0.258 e. The molecule has 0 bridgehead atoms. The third kappa shape index (κ3) is 4.29. The number of carbonyl (C=O) groups is 1. The van der Waals surface area contributed by atoms with Crippen molar-refractivity contribution in [3.8, 4) is 0 Å². The molecule has 3 heterocycles. The van der Waals surface area contributed by atoms with Gasteiger partial charge in [0.05, 0.1) is 21.1 Å². The lowest BCUT2D eigenvalue weighted by Crippen LogP contribution is -2.16. The molecular weight excluding hydrogens is 410 g/mol. The zero-order valence-corrected chi connectivity index (χ0v) is 17.9. The van der Waals surface area contributed by atoms with Crippen LogP contribution in [0, 0.1) is 0 Å². The first kappa shape index (κ1) is 19.7. The summed E-state index contributed by atoms with van der Waals surface area (Å²) in [6, 6.07) is 13.1. The Morgan fingerprint density at radius 1 is 1.10 bits per heavy atom. The van der Waals surface area contributed by atoms with Gasteiger partial charge < -0.3 is 15.2 Å². The van der Waals surface area contributed by atoms with Gasteiger partial charge in [0.25, 0.3) is 5.56 Å². The topological polar surface area (TPSA) is 91.0 Å². The molecule has 158 valence electrons. The highest BCUT2D eigenvalue weighted by Crippen LogP contribution is 2.32. The second-order valence-corrected chi connectivity index (χ2v) is 8.81. The van der Waals surface area contributed by atoms with Crippen LogP contribution in [0.15, 0.2) is 47.3 Å². The Morgan fingerprint density at radius 3 is 2.81 bits per heavy atom. The Balaban J connectivity index is 1.19. The van der Waals surface area contributed by atoms with E-state index in [1.54, 1.807) is 17.4 Å². The largest absolute Gasteiger partial charge is 0.348 e. The molecule has 8 heteroatoms. The third-order valence-corrected chi connectivity index (χ3v) is 6.60. The summed E-state index contributed by atoms with van der Waals surface area (Å²) < 4.78 is 1.08. The van der Waals surface area contributed by atoms with Gasteiger partial charge in [-0.1, -0.05) is 23.5 Å². The average molecular weight is 434 g/mol. The lowest BCUT2D eigenvalue weighted by atomic mass is 10.2. The number of aromatic amines is 1. The molecule has 31 heavy (non-hydrogen) atoms. The van der Waals surface area contributed by atoms with Crippen molar-refractivity contribution in [1.29, 1.82) is 0 Å². The molecule has 0 aliphatic carbocycles. The van der Waals surface area contributed by atoms with Crippen LogP contribution in [0.25, 0.3) is 21.1 Å². The monoisotopic (exact) mass is 433 g/mol. The molecule has 0 unspecified atom stereocenters. The minimum atomic E-state index is -0.142. The SMILES string of the molecule is O=C(CCCc1nc2ccccc2c(=O)[nH]1)Nc1ccc2nc(N3CCCC3)sc2c1. The molecule has 2 aromatic heterocycles. The highest BCUT2D eigenvalue weighted by Gasteiger charge is 2.16. The molecule has 2 aromatic carbocycles. The van der Waals surface area contributed by atoms with E-state index in [4.69, 9.17) is 4.98 Å². The molecule has 7 nitrogen and oxygen atoms in total. The van der Waals surface area contributed by atoms with Crippen molar-refractivity contribution < 1.29 is 4.79 Å². The highest BCUT2D eigenvalue weighted by atomic mass is 32.1. The Morgan fingerprint density at radius 2 is 1.94 bits per heavy atom. The number of anilines is 2. The Hall–Kier alpha value is -3.26. The molecular formula is C23H23N5O2S. The predicted octanol–water partition coefficient (Wildman–Crippen LogP) is 4.09. The summed E-state index contributed by atoms with van der Waals surface area (Å²) in [6.45, 7) is 2.14. The van der Waals surface area contributed by atoms with E-state index >= 15 is 0 Å². The summed E-state index contributed by atoms with van der Waals surface area (Å²) in [4.78, 5) is 38.9. The van der Waals surface area contributed by atoms with E-state index in [-0.39, 0.29) is 11.5 Å². The van der Waals surface area contributed by atoms with Gasteiger partial charge in [-0.15, -0.1) is 0 Å². The molecule has 1 aliphatic rings. The second kappa shape index (κ2) is 8.47. The number of hydrogen-bond donors (Lipinski definition) is 2. The summed E-state index contributed by atoms with van der Waals surface area (Å²) in [5, 5.41) is 4.62. The van der Waals surface area contributed by atoms with E-state index in [0.29, 0.717) is 36.0 Å². The average Bonchev–Trinajstić information content (AvgIpc) is 3.43. The molecule has 1 aliphatic heterocycles. The first-order chi connectivity index (χ1) is 15.2. The van der Waals surface area contributed by atoms with Crippen molar-refractivity contribution in [2.75, 3.05) is 23.3 Å². The molecule has 0 radical (unpaired) electrons. The van der Waals surface area contributed by atoms with Crippen LogP contribution in [-0.2, 0) is 11.2 Å². The first-order valence-corrected chi connectivity index (χ1v) is 11.4. The number of benzene rings is 2. The maximum atomic E-state index is 12.4. The Bertz CT molecular complexity index is 1310. The Kier molecular flexibility index (Phi) is 5.38. The summed E-state index contributed by atoms with van der Waals surface area (Å²) in [5.41, 5.74) is 2.29. The zero-order chi connectivity index (χ0) is 21.2. The fourth-order valence-corrected chi connectivity index (χ4v) is 4.98. The van der Waals surface area contributed by atoms with Gasteiger partial charge in [0, 0.05) is 31.6 Å². The molecule has 1 amide bonds. The zero-order valence-electron chi connectivity index (χ0n) is 17.1. The molecule has 2 N–H and O–H groups in total. The molecule has 0 saturated carbocycles. The van der Waals surface area contributed by atoms with Crippen molar-refractivity contribution in [3.05, 3.63) is 58.6 Å². The summed E-state index contributed by atoms with van der Waals surface area (Å²) in [5.74, 6) is 0.559. The van der Waals surface area contributed by atoms with Gasteiger partial charge in [0.2, 0.25) is 5.91 Å². The summed E-state index contributed by atoms with van der Waals surface area (Å²) in [6.07, 6.45) is 3.95. The number of hydrogen-bond acceptors (Lipinski definition) is 6. The molecule has 4 aromatic rings. The van der Waals surface area contributed by atoms with Crippen molar-refractivity contribution >= 4 is 49.2 Å². The normalized spacial score (nSPS) is 13.9. The van der Waals surface area contributed by atoms with Gasteiger partial charge in [-0.3, -0.25) is 9.59 Å². The van der Waals surface area contributed by atoms with E-state index in [0.717, 1.165) is 34.1 Å². The molecule has 0 atom stereocenters. The number of thiazole rings is 1. The van der Waals surface area contributed by atoms with Gasteiger partial charge in [-0.05, 0) is 49.6 Å². The fraction of sp³-hybridized carbons (Fsp3) is 0.304. The van der Waals surface area contributed by atoms with Crippen LogP contribution in [0.1, 0.15) is 31.5 Å². The van der Waals surface area contributed by atoms with Crippen LogP contribution in [0.2, 0.25) is 0 Å². The molecule has 5 rings (SSSR count). The van der Waals surface area contributed by atoms with Gasteiger partial charge in [0.15, 0.2) is 5.13 Å². The quantitative estimate of drug-likeness (QED) is 0.478. The number of nitrogens with one attached hydrogen (secondary N) is 2. The van der Waals surface area contributed by atoms with Gasteiger partial charge >= 0.3 is 0 Å². The van der Waals surface area contributed by atoms with Crippen LogP contribution in [0.3, 0.4) is 0 Å². The second-order valence-electron chi connectivity index (χ2n) is 7.80. The number of aryl methyl sites for hydroxylation is 1. The lowest BCUT2D eigenvalue weighted by molar-refractivity contribution is -0.116. The number of nitrogens with zero attached hydrogens (tertiary/aromatic N) is 3. The predicted molar refractivity (Wildman–Crippen MR) is 125 cm³/mol.